The van der Waals surface area contributed by atoms with Crippen molar-refractivity contribution in [1.29, 1.82) is 0 Å². The van der Waals surface area contributed by atoms with Gasteiger partial charge in [0.25, 0.3) is 0 Å². The van der Waals surface area contributed by atoms with Crippen molar-refractivity contribution in [2.45, 2.75) is 125 Å². The largest absolute Gasteiger partial charge is 0.502 e. The van der Waals surface area contributed by atoms with Gasteiger partial charge in [-0.1, -0.05) is 39.5 Å². The van der Waals surface area contributed by atoms with Crippen LogP contribution >= 0.6 is 0 Å². The van der Waals surface area contributed by atoms with E-state index in [1.807, 2.05) is 0 Å². The Balaban J connectivity index is 5.67. The highest BCUT2D eigenvalue weighted by atomic mass is 28.4. The van der Waals surface area contributed by atoms with Crippen molar-refractivity contribution in [3.63, 3.8) is 0 Å². The maximum Gasteiger partial charge on any atom is 0.502 e. The Labute approximate surface area is 153 Å². The number of rotatable bonds is 9. The summed E-state index contributed by atoms with van der Waals surface area (Å²) in [5.41, 5.74) is -0.858. The van der Waals surface area contributed by atoms with Crippen LogP contribution in [-0.4, -0.2) is 25.6 Å². The van der Waals surface area contributed by atoms with Crippen molar-refractivity contribution >= 4 is 8.80 Å². The molecule has 0 aromatic rings. The fraction of sp³-hybridized carbons (Fsp3) is 1.00. The van der Waals surface area contributed by atoms with Gasteiger partial charge in [-0.15, -0.1) is 0 Å². The van der Waals surface area contributed by atoms with E-state index >= 15 is 0 Å². The summed E-state index contributed by atoms with van der Waals surface area (Å²) in [7, 11) is -2.84. The molecule has 1 atom stereocenters. The van der Waals surface area contributed by atoms with E-state index in [1.165, 1.54) is 19.3 Å². The van der Waals surface area contributed by atoms with E-state index in [-0.39, 0.29) is 16.8 Å². The van der Waals surface area contributed by atoms with Gasteiger partial charge in [0.15, 0.2) is 0 Å². The van der Waals surface area contributed by atoms with Crippen LogP contribution in [0.1, 0.15) is 102 Å². The van der Waals surface area contributed by atoms with Crippen LogP contribution in [0.5, 0.6) is 0 Å². The second-order valence-electron chi connectivity index (χ2n) is 9.95. The Kier molecular flexibility index (Phi) is 9.19. The first-order valence-electron chi connectivity index (χ1n) is 9.72. The van der Waals surface area contributed by atoms with Gasteiger partial charge < -0.3 is 13.3 Å². The smallest absolute Gasteiger partial charge is 0.368 e. The SMILES string of the molecule is CCCCC(CC)C[Si](OC(C)(C)C)(OC(C)(C)C)OC(C)(C)C. The first-order valence-corrected chi connectivity index (χ1v) is 11.6. The zero-order chi connectivity index (χ0) is 19.2. The molecule has 3 nitrogen and oxygen atoms in total. The molecule has 0 aliphatic carbocycles. The van der Waals surface area contributed by atoms with Crippen molar-refractivity contribution in [1.82, 2.24) is 0 Å². The van der Waals surface area contributed by atoms with E-state index in [0.717, 1.165) is 12.5 Å². The van der Waals surface area contributed by atoms with Gasteiger partial charge in [0.1, 0.15) is 0 Å². The molecule has 0 N–H and O–H groups in total. The normalized spacial score (nSPS) is 15.6. The summed E-state index contributed by atoms with van der Waals surface area (Å²) in [6.07, 6.45) is 4.84. The molecule has 0 aromatic heterocycles. The van der Waals surface area contributed by atoms with Crippen LogP contribution in [0.2, 0.25) is 6.04 Å². The lowest BCUT2D eigenvalue weighted by molar-refractivity contribution is -0.0774. The van der Waals surface area contributed by atoms with Gasteiger partial charge in [0, 0.05) is 6.04 Å². The van der Waals surface area contributed by atoms with Crippen LogP contribution in [0.3, 0.4) is 0 Å². The maximum atomic E-state index is 6.58. The fourth-order valence-corrected chi connectivity index (χ4v) is 7.26. The molecule has 1 unspecified atom stereocenters. The Hall–Kier alpha value is 0.0969. The lowest BCUT2D eigenvalue weighted by Crippen LogP contribution is -2.58. The summed E-state index contributed by atoms with van der Waals surface area (Å²) in [6, 6.07) is 0.898. The minimum Gasteiger partial charge on any atom is -0.368 e. The van der Waals surface area contributed by atoms with E-state index in [9.17, 15) is 0 Å². The molecular weight excluding hydrogens is 316 g/mol. The standard InChI is InChI=1S/C20H44O3Si/c1-12-14-15-17(13-2)16-24(21-18(3,4)5,22-19(6,7)8)23-20(9,10)11/h17H,12-16H2,1-11H3. The third-order valence-corrected chi connectivity index (χ3v) is 7.31. The third-order valence-electron chi connectivity index (χ3n) is 3.47. The maximum absolute atomic E-state index is 6.58. The van der Waals surface area contributed by atoms with Crippen LogP contribution in [0.25, 0.3) is 0 Å². The fourth-order valence-electron chi connectivity index (χ4n) is 2.88. The summed E-state index contributed by atoms with van der Waals surface area (Å²) in [6.45, 7) is 23.4. The average molecular weight is 361 g/mol. The van der Waals surface area contributed by atoms with Crippen LogP contribution < -0.4 is 0 Å². The summed E-state index contributed by atoms with van der Waals surface area (Å²) in [5.74, 6) is 0.587. The average Bonchev–Trinajstić information content (AvgIpc) is 2.27. The number of hydrogen-bond acceptors (Lipinski definition) is 3. The van der Waals surface area contributed by atoms with Crippen molar-refractivity contribution < 1.29 is 13.3 Å². The highest BCUT2D eigenvalue weighted by molar-refractivity contribution is 6.61. The molecule has 0 aliphatic heterocycles. The van der Waals surface area contributed by atoms with E-state index < -0.39 is 8.80 Å². The zero-order valence-corrected chi connectivity index (χ0v) is 19.3. The van der Waals surface area contributed by atoms with E-state index in [1.54, 1.807) is 0 Å². The molecule has 0 rings (SSSR count). The number of unbranched alkanes of at least 4 members (excludes halogenated alkanes) is 1. The molecule has 0 amide bonds. The van der Waals surface area contributed by atoms with Crippen molar-refractivity contribution in [2.24, 2.45) is 5.92 Å². The predicted molar refractivity (Wildman–Crippen MR) is 106 cm³/mol. The van der Waals surface area contributed by atoms with Gasteiger partial charge in [-0.3, -0.25) is 0 Å². The molecule has 0 aliphatic rings. The molecule has 0 bridgehead atoms. The summed E-state index contributed by atoms with van der Waals surface area (Å²) < 4.78 is 19.8. The molecule has 146 valence electrons. The van der Waals surface area contributed by atoms with Crippen LogP contribution in [0.15, 0.2) is 0 Å². The van der Waals surface area contributed by atoms with Gasteiger partial charge in [0.2, 0.25) is 0 Å². The summed E-state index contributed by atoms with van der Waals surface area (Å²) >= 11 is 0. The number of hydrogen-bond donors (Lipinski definition) is 0. The lowest BCUT2D eigenvalue weighted by atomic mass is 10.0. The summed E-state index contributed by atoms with van der Waals surface area (Å²) in [5, 5.41) is 0. The van der Waals surface area contributed by atoms with Crippen molar-refractivity contribution in [2.75, 3.05) is 0 Å². The van der Waals surface area contributed by atoms with Gasteiger partial charge in [-0.05, 0) is 68.2 Å². The van der Waals surface area contributed by atoms with E-state index in [0.29, 0.717) is 5.92 Å². The van der Waals surface area contributed by atoms with Crippen LogP contribution in [0, 0.1) is 5.92 Å². The Morgan fingerprint density at radius 2 is 1.08 bits per heavy atom. The molecule has 24 heavy (non-hydrogen) atoms. The monoisotopic (exact) mass is 360 g/mol. The molecule has 0 radical (unpaired) electrons. The minimum absolute atomic E-state index is 0.286. The zero-order valence-electron chi connectivity index (χ0n) is 18.3. The van der Waals surface area contributed by atoms with Gasteiger partial charge >= 0.3 is 8.80 Å². The Morgan fingerprint density at radius 3 is 1.33 bits per heavy atom. The van der Waals surface area contributed by atoms with Gasteiger partial charge in [-0.25, -0.2) is 0 Å². The molecule has 0 fully saturated rings. The highest BCUT2D eigenvalue weighted by Gasteiger charge is 2.51. The predicted octanol–water partition coefficient (Wildman–Crippen LogP) is 6.59. The molecule has 0 saturated carbocycles. The van der Waals surface area contributed by atoms with Gasteiger partial charge in [0.05, 0.1) is 16.8 Å². The molecule has 0 aromatic carbocycles. The Morgan fingerprint density at radius 1 is 0.708 bits per heavy atom. The quantitative estimate of drug-likeness (QED) is 0.434. The molecule has 4 heteroatoms. The van der Waals surface area contributed by atoms with Crippen LogP contribution in [-0.2, 0) is 13.3 Å². The molecule has 0 heterocycles. The topological polar surface area (TPSA) is 27.7 Å². The summed E-state index contributed by atoms with van der Waals surface area (Å²) in [4.78, 5) is 0. The second kappa shape index (κ2) is 9.16. The minimum atomic E-state index is -2.84. The molecule has 0 spiro atoms. The first-order chi connectivity index (χ1) is 10.6. The molecule has 0 saturated heterocycles. The van der Waals surface area contributed by atoms with Crippen molar-refractivity contribution in [3.05, 3.63) is 0 Å². The molecular formula is C20H44O3Si. The third kappa shape index (κ3) is 11.6. The second-order valence-corrected chi connectivity index (χ2v) is 12.3. The van der Waals surface area contributed by atoms with Gasteiger partial charge in [-0.2, -0.15) is 0 Å². The lowest BCUT2D eigenvalue weighted by Gasteiger charge is -2.44. The Bertz CT molecular complexity index is 307. The van der Waals surface area contributed by atoms with E-state index in [2.05, 4.69) is 76.2 Å². The highest BCUT2D eigenvalue weighted by Crippen LogP contribution is 2.36. The van der Waals surface area contributed by atoms with Crippen molar-refractivity contribution in [3.8, 4) is 0 Å². The van der Waals surface area contributed by atoms with Crippen LogP contribution in [0.4, 0.5) is 0 Å². The van der Waals surface area contributed by atoms with E-state index in [4.69, 9.17) is 13.3 Å². The first kappa shape index (κ1) is 24.1.